The molecule has 2 aromatic carbocycles. The highest BCUT2D eigenvalue weighted by molar-refractivity contribution is 5.91. The van der Waals surface area contributed by atoms with E-state index >= 15 is 0 Å². The average Bonchev–Trinajstić information content (AvgIpc) is 2.74. The first-order valence-corrected chi connectivity index (χ1v) is 10.4. The number of hydrogen-bond acceptors (Lipinski definition) is 3. The van der Waals surface area contributed by atoms with Crippen LogP contribution in [0.25, 0.3) is 0 Å². The molecular weight excluding hydrogens is 397 g/mol. The van der Waals surface area contributed by atoms with Crippen molar-refractivity contribution in [3.05, 3.63) is 65.0 Å². The Labute approximate surface area is 182 Å². The molecule has 0 bridgehead atoms. The Hall–Kier alpha value is -3.22. The van der Waals surface area contributed by atoms with Crippen LogP contribution >= 0.6 is 0 Å². The van der Waals surface area contributed by atoms with Gasteiger partial charge in [0.05, 0.1) is 6.42 Å². The first-order chi connectivity index (χ1) is 14.8. The number of fused-ring (bicyclic) bond motifs is 1. The first kappa shape index (κ1) is 22.5. The first-order valence-electron chi connectivity index (χ1n) is 10.4. The Morgan fingerprint density at radius 3 is 2.45 bits per heavy atom. The zero-order valence-electron chi connectivity index (χ0n) is 18.2. The molecule has 0 saturated heterocycles. The lowest BCUT2D eigenvalue weighted by atomic mass is 9.92. The van der Waals surface area contributed by atoms with Crippen molar-refractivity contribution in [1.29, 1.82) is 0 Å². The van der Waals surface area contributed by atoms with Gasteiger partial charge in [-0.3, -0.25) is 14.4 Å². The zero-order chi connectivity index (χ0) is 22.5. The van der Waals surface area contributed by atoms with E-state index in [1.165, 1.54) is 17.0 Å². The minimum absolute atomic E-state index is 0.0526. The lowest BCUT2D eigenvalue weighted by molar-refractivity contribution is -0.145. The topological polar surface area (TPSA) is 69.7 Å². The van der Waals surface area contributed by atoms with E-state index in [1.807, 2.05) is 25.1 Å². The Balaban J connectivity index is 1.85. The number of nitrogens with zero attached hydrogens (tertiary/aromatic N) is 2. The molecule has 0 saturated carbocycles. The molecule has 164 valence electrons. The molecule has 3 rings (SSSR count). The summed E-state index contributed by atoms with van der Waals surface area (Å²) in [6.45, 7) is 2.22. The summed E-state index contributed by atoms with van der Waals surface area (Å²) in [6, 6.07) is 10.8. The van der Waals surface area contributed by atoms with Crippen molar-refractivity contribution >= 4 is 23.4 Å². The second-order valence-electron chi connectivity index (χ2n) is 8.06. The lowest BCUT2D eigenvalue weighted by Gasteiger charge is -2.37. The second kappa shape index (κ2) is 9.73. The average molecular weight is 426 g/mol. The van der Waals surface area contributed by atoms with E-state index in [0.717, 1.165) is 17.5 Å². The predicted molar refractivity (Wildman–Crippen MR) is 117 cm³/mol. The van der Waals surface area contributed by atoms with Gasteiger partial charge in [0.1, 0.15) is 11.9 Å². The highest BCUT2D eigenvalue weighted by Crippen LogP contribution is 2.28. The summed E-state index contributed by atoms with van der Waals surface area (Å²) >= 11 is 0. The molecule has 0 spiro atoms. The molecule has 1 aliphatic heterocycles. The second-order valence-corrected chi connectivity index (χ2v) is 8.06. The van der Waals surface area contributed by atoms with Gasteiger partial charge in [-0.15, -0.1) is 0 Å². The third kappa shape index (κ3) is 5.48. The number of carbonyl (C=O) groups excluding carboxylic acids is 3. The van der Waals surface area contributed by atoms with Crippen molar-refractivity contribution < 1.29 is 18.8 Å². The van der Waals surface area contributed by atoms with E-state index in [-0.39, 0.29) is 36.5 Å². The van der Waals surface area contributed by atoms with Gasteiger partial charge < -0.3 is 15.1 Å². The molecule has 0 aliphatic carbocycles. The zero-order valence-corrected chi connectivity index (χ0v) is 18.2. The van der Waals surface area contributed by atoms with Crippen LogP contribution in [0.2, 0.25) is 0 Å². The molecule has 6 nitrogen and oxygen atoms in total. The van der Waals surface area contributed by atoms with E-state index in [0.29, 0.717) is 24.1 Å². The summed E-state index contributed by atoms with van der Waals surface area (Å²) in [5.41, 5.74) is 3.26. The highest BCUT2D eigenvalue weighted by Gasteiger charge is 2.35. The molecule has 3 amide bonds. The van der Waals surface area contributed by atoms with E-state index < -0.39 is 6.04 Å². The van der Waals surface area contributed by atoms with Crippen LogP contribution in [-0.2, 0) is 33.8 Å². The maximum Gasteiger partial charge on any atom is 0.245 e. The molecule has 0 radical (unpaired) electrons. The fourth-order valence-corrected chi connectivity index (χ4v) is 3.77. The van der Waals surface area contributed by atoms with Crippen molar-refractivity contribution in [2.24, 2.45) is 0 Å². The van der Waals surface area contributed by atoms with Crippen molar-refractivity contribution in [3.63, 3.8) is 0 Å². The number of benzene rings is 2. The Kier molecular flexibility index (Phi) is 7.05. The van der Waals surface area contributed by atoms with Crippen LogP contribution < -0.4 is 5.32 Å². The quantitative estimate of drug-likeness (QED) is 0.773. The fourth-order valence-electron chi connectivity index (χ4n) is 3.77. The highest BCUT2D eigenvalue weighted by atomic mass is 19.1. The van der Waals surface area contributed by atoms with E-state index in [4.69, 9.17) is 0 Å². The van der Waals surface area contributed by atoms with Gasteiger partial charge in [-0.05, 0) is 47.4 Å². The van der Waals surface area contributed by atoms with Crippen LogP contribution in [-0.4, -0.2) is 47.7 Å². The summed E-state index contributed by atoms with van der Waals surface area (Å²) < 4.78 is 13.2. The fraction of sp³-hybridized carbons (Fsp3) is 0.375. The van der Waals surface area contributed by atoms with Gasteiger partial charge in [0.25, 0.3) is 0 Å². The summed E-state index contributed by atoms with van der Waals surface area (Å²) in [7, 11) is 3.35. The van der Waals surface area contributed by atoms with Crippen LogP contribution in [0.5, 0.6) is 0 Å². The van der Waals surface area contributed by atoms with Crippen molar-refractivity contribution in [2.45, 2.75) is 45.2 Å². The molecule has 1 N–H and O–H groups in total. The summed E-state index contributed by atoms with van der Waals surface area (Å²) in [6.07, 6.45) is 1.69. The van der Waals surface area contributed by atoms with Crippen LogP contribution in [0.15, 0.2) is 42.5 Å². The lowest BCUT2D eigenvalue weighted by Crippen LogP contribution is -2.52. The van der Waals surface area contributed by atoms with Gasteiger partial charge in [0.15, 0.2) is 0 Å². The maximum atomic E-state index is 13.2. The van der Waals surface area contributed by atoms with Crippen LogP contribution in [0.4, 0.5) is 10.1 Å². The number of hydrogen-bond donors (Lipinski definition) is 1. The van der Waals surface area contributed by atoms with Gasteiger partial charge in [-0.25, -0.2) is 4.39 Å². The van der Waals surface area contributed by atoms with Gasteiger partial charge >= 0.3 is 0 Å². The van der Waals surface area contributed by atoms with Gasteiger partial charge in [0.2, 0.25) is 17.7 Å². The number of halogens is 1. The molecule has 7 heteroatoms. The standard InChI is InChI=1S/C24H28FN3O3/c1-4-5-22(29)26-20-11-8-17-14-21(24(31)27(2)3)28(15-18(17)13-20)23(30)12-16-6-9-19(25)10-7-16/h6-11,13,21H,4-5,12,14-15H2,1-3H3,(H,26,29)/t21-/m1/s1. The predicted octanol–water partition coefficient (Wildman–Crippen LogP) is 3.15. The summed E-state index contributed by atoms with van der Waals surface area (Å²) in [5.74, 6) is -0.749. The minimum Gasteiger partial charge on any atom is -0.347 e. The largest absolute Gasteiger partial charge is 0.347 e. The number of nitrogens with one attached hydrogen (secondary N) is 1. The molecule has 2 aromatic rings. The number of anilines is 1. The third-order valence-corrected chi connectivity index (χ3v) is 5.41. The van der Waals surface area contributed by atoms with E-state index in [9.17, 15) is 18.8 Å². The maximum absolute atomic E-state index is 13.2. The van der Waals surface area contributed by atoms with Crippen molar-refractivity contribution in [2.75, 3.05) is 19.4 Å². The SMILES string of the molecule is CCCC(=O)Nc1ccc2c(c1)CN(C(=O)Cc1ccc(F)cc1)[C@@H](C(=O)N(C)C)C2. The molecule has 0 aromatic heterocycles. The van der Waals surface area contributed by atoms with Crippen LogP contribution in [0, 0.1) is 5.82 Å². The third-order valence-electron chi connectivity index (χ3n) is 5.41. The van der Waals surface area contributed by atoms with Crippen LogP contribution in [0.3, 0.4) is 0 Å². The smallest absolute Gasteiger partial charge is 0.245 e. The molecule has 1 heterocycles. The number of carbonyl (C=O) groups is 3. The number of rotatable bonds is 6. The Bertz CT molecular complexity index is 973. The summed E-state index contributed by atoms with van der Waals surface area (Å²) in [5, 5.41) is 2.88. The molecule has 0 fully saturated rings. The van der Waals surface area contributed by atoms with Crippen LogP contribution in [0.1, 0.15) is 36.5 Å². The Morgan fingerprint density at radius 1 is 1.10 bits per heavy atom. The number of likely N-dealkylation sites (N-methyl/N-ethyl adjacent to an activating group) is 1. The monoisotopic (exact) mass is 425 g/mol. The minimum atomic E-state index is -0.601. The summed E-state index contributed by atoms with van der Waals surface area (Å²) in [4.78, 5) is 41.0. The van der Waals surface area contributed by atoms with Crippen molar-refractivity contribution in [3.8, 4) is 0 Å². The molecule has 1 atom stereocenters. The Morgan fingerprint density at radius 2 is 1.81 bits per heavy atom. The molecular formula is C24H28FN3O3. The molecule has 31 heavy (non-hydrogen) atoms. The number of amides is 3. The van der Waals surface area contributed by atoms with E-state index in [2.05, 4.69) is 5.32 Å². The van der Waals surface area contributed by atoms with Gasteiger partial charge in [0, 0.05) is 39.2 Å². The molecule has 1 aliphatic rings. The van der Waals surface area contributed by atoms with Gasteiger partial charge in [-0.1, -0.05) is 25.1 Å². The van der Waals surface area contributed by atoms with Gasteiger partial charge in [-0.2, -0.15) is 0 Å². The molecule has 0 unspecified atom stereocenters. The van der Waals surface area contributed by atoms with E-state index in [1.54, 1.807) is 31.1 Å². The normalized spacial score (nSPS) is 15.2. The van der Waals surface area contributed by atoms with Crippen molar-refractivity contribution in [1.82, 2.24) is 9.80 Å².